The Morgan fingerprint density at radius 3 is 2.27 bits per heavy atom. The molecule has 2 aliphatic rings. The Hall–Kier alpha value is -3.63. The molecule has 2 saturated heterocycles. The second kappa shape index (κ2) is 8.01. The van der Waals surface area contributed by atoms with Crippen LogP contribution >= 0.6 is 0 Å². The zero-order chi connectivity index (χ0) is 20.3. The zero-order valence-electron chi connectivity index (χ0n) is 16.5. The van der Waals surface area contributed by atoms with Crippen LogP contribution in [0, 0.1) is 0 Å². The number of hydrogen-bond donors (Lipinski definition) is 0. The van der Waals surface area contributed by atoms with Crippen LogP contribution in [0.15, 0.2) is 37.2 Å². The molecule has 0 radical (unpaired) electrons. The quantitative estimate of drug-likeness (QED) is 0.608. The van der Waals surface area contributed by atoms with E-state index in [0.29, 0.717) is 37.7 Å². The van der Waals surface area contributed by atoms with E-state index in [0.717, 1.165) is 24.7 Å². The Morgan fingerprint density at radius 1 is 0.800 bits per heavy atom. The van der Waals surface area contributed by atoms with Crippen molar-refractivity contribution in [2.24, 2.45) is 0 Å². The minimum Gasteiger partial charge on any atom is -0.355 e. The van der Waals surface area contributed by atoms with Crippen LogP contribution in [0.3, 0.4) is 0 Å². The summed E-state index contributed by atoms with van der Waals surface area (Å²) < 4.78 is 1.59. The fraction of sp³-hybridized carbons (Fsp3) is 0.421. The number of carbonyl (C=O) groups excluding carboxylic acids is 1. The van der Waals surface area contributed by atoms with Gasteiger partial charge in [-0.25, -0.2) is 19.6 Å². The van der Waals surface area contributed by atoms with Crippen molar-refractivity contribution in [1.29, 1.82) is 0 Å². The topological polar surface area (TPSA) is 109 Å². The lowest BCUT2D eigenvalue weighted by atomic mass is 10.2. The van der Waals surface area contributed by atoms with Crippen LogP contribution < -0.4 is 9.80 Å². The van der Waals surface area contributed by atoms with Crippen molar-refractivity contribution in [3.8, 4) is 5.82 Å². The highest BCUT2D eigenvalue weighted by Gasteiger charge is 2.25. The van der Waals surface area contributed by atoms with Gasteiger partial charge in [0, 0.05) is 45.3 Å². The summed E-state index contributed by atoms with van der Waals surface area (Å²) in [4.78, 5) is 31.5. The molecule has 0 atom stereocenters. The molecule has 5 heterocycles. The van der Waals surface area contributed by atoms with Crippen LogP contribution in [0.2, 0.25) is 0 Å². The Labute approximate surface area is 173 Å². The largest absolute Gasteiger partial charge is 0.355 e. The number of carbonyl (C=O) groups is 1. The molecule has 11 heteroatoms. The van der Waals surface area contributed by atoms with Gasteiger partial charge in [0.1, 0.15) is 24.8 Å². The summed E-state index contributed by atoms with van der Waals surface area (Å²) in [5.74, 6) is 2.23. The van der Waals surface area contributed by atoms with Crippen LogP contribution in [0.25, 0.3) is 5.82 Å². The summed E-state index contributed by atoms with van der Waals surface area (Å²) in [5.41, 5.74) is 0.391. The number of piperazine rings is 1. The minimum atomic E-state index is -0.0823. The van der Waals surface area contributed by atoms with Crippen LogP contribution in [0.1, 0.15) is 23.3 Å². The van der Waals surface area contributed by atoms with E-state index in [-0.39, 0.29) is 5.91 Å². The molecule has 0 N–H and O–H groups in total. The molecule has 154 valence electrons. The highest BCUT2D eigenvalue weighted by Crippen LogP contribution is 2.18. The summed E-state index contributed by atoms with van der Waals surface area (Å²) in [5, 5.41) is 12.5. The van der Waals surface area contributed by atoms with Crippen molar-refractivity contribution in [1.82, 2.24) is 39.8 Å². The molecule has 0 unspecified atom stereocenters. The van der Waals surface area contributed by atoms with Gasteiger partial charge in [-0.05, 0) is 25.0 Å². The highest BCUT2D eigenvalue weighted by molar-refractivity contribution is 5.92. The van der Waals surface area contributed by atoms with E-state index in [9.17, 15) is 4.79 Å². The van der Waals surface area contributed by atoms with Crippen molar-refractivity contribution in [2.45, 2.75) is 12.8 Å². The van der Waals surface area contributed by atoms with E-state index in [1.165, 1.54) is 25.5 Å². The lowest BCUT2D eigenvalue weighted by Gasteiger charge is -2.35. The molecule has 0 aliphatic carbocycles. The molecular formula is C19H22N10O. The van der Waals surface area contributed by atoms with Gasteiger partial charge in [-0.15, -0.1) is 10.2 Å². The third-order valence-electron chi connectivity index (χ3n) is 5.48. The summed E-state index contributed by atoms with van der Waals surface area (Å²) in [6.07, 6.45) is 6.94. The lowest BCUT2D eigenvalue weighted by molar-refractivity contribution is 0.0739. The molecular weight excluding hydrogens is 384 g/mol. The fourth-order valence-electron chi connectivity index (χ4n) is 3.82. The molecule has 0 spiro atoms. The monoisotopic (exact) mass is 406 g/mol. The smallest absolute Gasteiger partial charge is 0.274 e. The predicted molar refractivity (Wildman–Crippen MR) is 109 cm³/mol. The molecule has 5 rings (SSSR count). The maximum atomic E-state index is 12.8. The van der Waals surface area contributed by atoms with Crippen molar-refractivity contribution in [3.05, 3.63) is 42.9 Å². The van der Waals surface area contributed by atoms with Crippen LogP contribution in [0.5, 0.6) is 0 Å². The highest BCUT2D eigenvalue weighted by atomic mass is 16.2. The van der Waals surface area contributed by atoms with Gasteiger partial charge in [-0.3, -0.25) is 4.79 Å². The number of nitrogens with zero attached hydrogens (tertiary/aromatic N) is 10. The van der Waals surface area contributed by atoms with Gasteiger partial charge in [0.2, 0.25) is 0 Å². The first kappa shape index (κ1) is 18.4. The summed E-state index contributed by atoms with van der Waals surface area (Å²) >= 11 is 0. The SMILES string of the molecule is O=C(c1ccc(N2CCCC2)nn1)N1CCN(c2cc(-n3cncn3)ncn2)CC1. The Morgan fingerprint density at radius 2 is 1.57 bits per heavy atom. The third-order valence-corrected chi connectivity index (χ3v) is 5.48. The second-order valence-electron chi connectivity index (χ2n) is 7.32. The molecule has 30 heavy (non-hydrogen) atoms. The Bertz CT molecular complexity index is 992. The molecule has 3 aromatic heterocycles. The predicted octanol–water partition coefficient (Wildman–Crippen LogP) is 0.410. The van der Waals surface area contributed by atoms with E-state index in [1.54, 1.807) is 17.1 Å². The third kappa shape index (κ3) is 3.65. The van der Waals surface area contributed by atoms with Crippen LogP contribution in [-0.4, -0.2) is 85.0 Å². The minimum absolute atomic E-state index is 0.0823. The maximum absolute atomic E-state index is 12.8. The van der Waals surface area contributed by atoms with Gasteiger partial charge in [0.25, 0.3) is 5.91 Å². The zero-order valence-corrected chi connectivity index (χ0v) is 16.5. The first-order chi connectivity index (χ1) is 14.8. The number of amides is 1. The lowest BCUT2D eigenvalue weighted by Crippen LogP contribution is -2.49. The van der Waals surface area contributed by atoms with Crippen molar-refractivity contribution >= 4 is 17.5 Å². The molecule has 0 saturated carbocycles. The van der Waals surface area contributed by atoms with E-state index in [1.807, 2.05) is 17.0 Å². The standard InChI is InChI=1S/C19H22N10O/c30-19(15-3-4-16(25-24-15)26-5-1-2-6-26)28-9-7-27(8-10-28)17-11-18(22-13-21-17)29-14-20-12-23-29/h3-4,11-14H,1-2,5-10H2. The number of hydrogen-bond acceptors (Lipinski definition) is 9. The maximum Gasteiger partial charge on any atom is 0.274 e. The average Bonchev–Trinajstić information content (AvgIpc) is 3.54. The Kier molecular flexibility index (Phi) is 4.91. The van der Waals surface area contributed by atoms with E-state index in [4.69, 9.17) is 0 Å². The van der Waals surface area contributed by atoms with Crippen molar-refractivity contribution < 1.29 is 4.79 Å². The van der Waals surface area contributed by atoms with Crippen molar-refractivity contribution in [2.75, 3.05) is 49.1 Å². The van der Waals surface area contributed by atoms with Gasteiger partial charge in [0.15, 0.2) is 17.3 Å². The summed E-state index contributed by atoms with van der Waals surface area (Å²) in [6, 6.07) is 5.55. The summed E-state index contributed by atoms with van der Waals surface area (Å²) in [6.45, 7) is 4.56. The molecule has 3 aromatic rings. The van der Waals surface area contributed by atoms with Gasteiger partial charge in [0.05, 0.1) is 0 Å². The molecule has 2 fully saturated rings. The van der Waals surface area contributed by atoms with Crippen LogP contribution in [-0.2, 0) is 0 Å². The first-order valence-corrected chi connectivity index (χ1v) is 10.1. The molecule has 2 aliphatic heterocycles. The normalized spacial score (nSPS) is 16.9. The van der Waals surface area contributed by atoms with Gasteiger partial charge in [-0.2, -0.15) is 5.10 Å². The number of aromatic nitrogens is 7. The van der Waals surface area contributed by atoms with Crippen molar-refractivity contribution in [3.63, 3.8) is 0 Å². The van der Waals surface area contributed by atoms with Gasteiger partial charge in [-0.1, -0.05) is 0 Å². The molecule has 0 aromatic carbocycles. The molecule has 1 amide bonds. The first-order valence-electron chi connectivity index (χ1n) is 10.1. The average molecular weight is 406 g/mol. The molecule has 11 nitrogen and oxygen atoms in total. The number of anilines is 2. The van der Waals surface area contributed by atoms with Crippen LogP contribution in [0.4, 0.5) is 11.6 Å². The van der Waals surface area contributed by atoms with E-state index >= 15 is 0 Å². The van der Waals surface area contributed by atoms with Gasteiger partial charge < -0.3 is 14.7 Å². The van der Waals surface area contributed by atoms with E-state index in [2.05, 4.69) is 40.0 Å². The second-order valence-corrected chi connectivity index (χ2v) is 7.32. The molecule has 0 bridgehead atoms. The Balaban J connectivity index is 1.21. The van der Waals surface area contributed by atoms with Gasteiger partial charge >= 0.3 is 0 Å². The fourth-order valence-corrected chi connectivity index (χ4v) is 3.82. The summed E-state index contributed by atoms with van der Waals surface area (Å²) in [7, 11) is 0. The number of rotatable bonds is 4. The van der Waals surface area contributed by atoms with E-state index < -0.39 is 0 Å².